The van der Waals surface area contributed by atoms with Gasteiger partial charge >= 0.3 is 5.97 Å². The van der Waals surface area contributed by atoms with Gasteiger partial charge in [0.2, 0.25) is 0 Å². The lowest BCUT2D eigenvalue weighted by Gasteiger charge is -2.05. The standard InChI is InChI=1S/C15H12N2O3/c18-12-6-4-10(5-7-12)8-14-16-9-11-2-1-3-13(15(19)20)17(11)14/h1-7,9,18H,8H2,(H,19,20). The van der Waals surface area contributed by atoms with E-state index in [2.05, 4.69) is 4.98 Å². The van der Waals surface area contributed by atoms with Gasteiger partial charge in [0.15, 0.2) is 0 Å². The van der Waals surface area contributed by atoms with Crippen molar-refractivity contribution in [2.45, 2.75) is 6.42 Å². The number of hydrogen-bond acceptors (Lipinski definition) is 3. The number of benzene rings is 1. The van der Waals surface area contributed by atoms with Crippen LogP contribution in [0.4, 0.5) is 0 Å². The molecule has 0 aliphatic heterocycles. The number of pyridine rings is 1. The molecule has 20 heavy (non-hydrogen) atoms. The summed E-state index contributed by atoms with van der Waals surface area (Å²) in [5, 5.41) is 18.5. The van der Waals surface area contributed by atoms with Gasteiger partial charge in [0.1, 0.15) is 17.3 Å². The summed E-state index contributed by atoms with van der Waals surface area (Å²) >= 11 is 0. The van der Waals surface area contributed by atoms with Crippen LogP contribution in [0.5, 0.6) is 5.75 Å². The van der Waals surface area contributed by atoms with Crippen molar-refractivity contribution in [2.75, 3.05) is 0 Å². The maximum Gasteiger partial charge on any atom is 0.352 e. The number of carbonyl (C=O) groups is 1. The maximum atomic E-state index is 11.3. The average Bonchev–Trinajstić information content (AvgIpc) is 2.84. The Morgan fingerprint density at radius 3 is 2.60 bits per heavy atom. The van der Waals surface area contributed by atoms with Gasteiger partial charge < -0.3 is 10.2 Å². The van der Waals surface area contributed by atoms with Crippen molar-refractivity contribution >= 4 is 11.5 Å². The predicted molar refractivity (Wildman–Crippen MR) is 73.1 cm³/mol. The van der Waals surface area contributed by atoms with Crippen LogP contribution in [0.2, 0.25) is 0 Å². The quantitative estimate of drug-likeness (QED) is 0.764. The summed E-state index contributed by atoms with van der Waals surface area (Å²) in [7, 11) is 0. The number of aromatic carboxylic acids is 1. The maximum absolute atomic E-state index is 11.3. The van der Waals surface area contributed by atoms with E-state index in [4.69, 9.17) is 0 Å². The number of rotatable bonds is 3. The van der Waals surface area contributed by atoms with E-state index < -0.39 is 5.97 Å². The van der Waals surface area contributed by atoms with Gasteiger partial charge in [-0.2, -0.15) is 0 Å². The Bertz CT molecular complexity index is 775. The summed E-state index contributed by atoms with van der Waals surface area (Å²) in [4.78, 5) is 15.6. The number of nitrogens with zero attached hydrogens (tertiary/aromatic N) is 2. The van der Waals surface area contributed by atoms with Crippen molar-refractivity contribution in [3.8, 4) is 5.75 Å². The van der Waals surface area contributed by atoms with E-state index in [1.54, 1.807) is 47.0 Å². The molecule has 1 aromatic carbocycles. The van der Waals surface area contributed by atoms with Crippen LogP contribution >= 0.6 is 0 Å². The van der Waals surface area contributed by atoms with E-state index in [1.807, 2.05) is 6.07 Å². The molecule has 100 valence electrons. The summed E-state index contributed by atoms with van der Waals surface area (Å²) in [5.41, 5.74) is 1.89. The van der Waals surface area contributed by atoms with Crippen LogP contribution in [0.3, 0.4) is 0 Å². The minimum absolute atomic E-state index is 0.189. The monoisotopic (exact) mass is 268 g/mol. The highest BCUT2D eigenvalue weighted by Gasteiger charge is 2.12. The fraction of sp³-hybridized carbons (Fsp3) is 0.0667. The Kier molecular flexibility index (Phi) is 2.87. The molecule has 2 aromatic heterocycles. The third-order valence-electron chi connectivity index (χ3n) is 3.14. The molecular formula is C15H12N2O3. The van der Waals surface area contributed by atoms with Crippen LogP contribution in [0.15, 0.2) is 48.7 Å². The first-order chi connectivity index (χ1) is 9.65. The highest BCUT2D eigenvalue weighted by Crippen LogP contribution is 2.16. The van der Waals surface area contributed by atoms with E-state index >= 15 is 0 Å². The number of phenols is 1. The van der Waals surface area contributed by atoms with Crippen molar-refractivity contribution in [3.05, 3.63) is 65.7 Å². The average molecular weight is 268 g/mol. The Labute approximate surface area is 114 Å². The molecule has 0 fully saturated rings. The Morgan fingerprint density at radius 1 is 1.15 bits per heavy atom. The molecule has 2 N–H and O–H groups in total. The molecule has 0 saturated carbocycles. The normalized spacial score (nSPS) is 10.8. The molecule has 0 amide bonds. The number of aromatic hydroxyl groups is 1. The molecule has 0 aliphatic carbocycles. The van der Waals surface area contributed by atoms with E-state index in [1.165, 1.54) is 0 Å². The number of hydrogen-bond donors (Lipinski definition) is 2. The van der Waals surface area contributed by atoms with Crippen LogP contribution < -0.4 is 0 Å². The summed E-state index contributed by atoms with van der Waals surface area (Å²) < 4.78 is 1.63. The third kappa shape index (κ3) is 2.09. The predicted octanol–water partition coefficient (Wildman–Crippen LogP) is 2.33. The highest BCUT2D eigenvalue weighted by molar-refractivity contribution is 5.86. The number of carboxylic acid groups (broad SMARTS) is 1. The zero-order chi connectivity index (χ0) is 14.1. The first-order valence-corrected chi connectivity index (χ1v) is 6.12. The Morgan fingerprint density at radius 2 is 1.90 bits per heavy atom. The van der Waals surface area contributed by atoms with Gasteiger partial charge in [-0.25, -0.2) is 9.78 Å². The molecule has 0 saturated heterocycles. The van der Waals surface area contributed by atoms with Gasteiger partial charge in [0.25, 0.3) is 0 Å². The van der Waals surface area contributed by atoms with Crippen LogP contribution in [-0.4, -0.2) is 25.6 Å². The number of fused-ring (bicyclic) bond motifs is 1. The lowest BCUT2D eigenvalue weighted by molar-refractivity contribution is 0.0688. The zero-order valence-corrected chi connectivity index (χ0v) is 10.5. The summed E-state index contributed by atoms with van der Waals surface area (Å²) in [6, 6.07) is 11.9. The zero-order valence-electron chi connectivity index (χ0n) is 10.5. The van der Waals surface area contributed by atoms with E-state index in [0.29, 0.717) is 12.2 Å². The summed E-state index contributed by atoms with van der Waals surface area (Å²) in [6.07, 6.45) is 2.15. The first-order valence-electron chi connectivity index (χ1n) is 6.12. The highest BCUT2D eigenvalue weighted by atomic mass is 16.4. The molecule has 0 spiro atoms. The van der Waals surface area contributed by atoms with Gasteiger partial charge in [-0.1, -0.05) is 18.2 Å². The minimum Gasteiger partial charge on any atom is -0.508 e. The fourth-order valence-electron chi connectivity index (χ4n) is 2.20. The molecule has 3 rings (SSSR count). The summed E-state index contributed by atoms with van der Waals surface area (Å²) in [5.74, 6) is -0.128. The van der Waals surface area contributed by atoms with Gasteiger partial charge in [-0.3, -0.25) is 4.40 Å². The number of phenolic OH excluding ortho intramolecular Hbond substituents is 1. The molecule has 5 heteroatoms. The molecule has 0 unspecified atom stereocenters. The molecule has 0 radical (unpaired) electrons. The smallest absolute Gasteiger partial charge is 0.352 e. The van der Waals surface area contributed by atoms with E-state index in [0.717, 1.165) is 11.1 Å². The van der Waals surface area contributed by atoms with Crippen molar-refractivity contribution in [1.82, 2.24) is 9.38 Å². The lowest BCUT2D eigenvalue weighted by Crippen LogP contribution is -2.08. The van der Waals surface area contributed by atoms with Crippen LogP contribution in [0, 0.1) is 0 Å². The fourth-order valence-corrected chi connectivity index (χ4v) is 2.20. The number of imidazole rings is 1. The van der Waals surface area contributed by atoms with Gasteiger partial charge in [-0.05, 0) is 29.8 Å². The van der Waals surface area contributed by atoms with Crippen molar-refractivity contribution in [2.24, 2.45) is 0 Å². The van der Waals surface area contributed by atoms with Gasteiger partial charge in [0, 0.05) is 6.42 Å². The second-order valence-electron chi connectivity index (χ2n) is 4.49. The van der Waals surface area contributed by atoms with E-state index in [9.17, 15) is 15.0 Å². The Hall–Kier alpha value is -2.82. The second kappa shape index (κ2) is 4.70. The molecular weight excluding hydrogens is 256 g/mol. The van der Waals surface area contributed by atoms with Crippen LogP contribution in [0.1, 0.15) is 21.9 Å². The largest absolute Gasteiger partial charge is 0.508 e. The van der Waals surface area contributed by atoms with Crippen LogP contribution in [-0.2, 0) is 6.42 Å². The molecule has 2 heterocycles. The minimum atomic E-state index is -0.986. The van der Waals surface area contributed by atoms with Crippen molar-refractivity contribution in [1.29, 1.82) is 0 Å². The van der Waals surface area contributed by atoms with Gasteiger partial charge in [0.05, 0.1) is 11.7 Å². The molecule has 0 atom stereocenters. The number of carboxylic acids is 1. The summed E-state index contributed by atoms with van der Waals surface area (Å²) in [6.45, 7) is 0. The van der Waals surface area contributed by atoms with E-state index in [-0.39, 0.29) is 11.4 Å². The van der Waals surface area contributed by atoms with Crippen molar-refractivity contribution in [3.63, 3.8) is 0 Å². The number of aromatic nitrogens is 2. The molecule has 3 aromatic rings. The topological polar surface area (TPSA) is 74.8 Å². The lowest BCUT2D eigenvalue weighted by atomic mass is 10.1. The first kappa shape index (κ1) is 12.2. The van der Waals surface area contributed by atoms with Crippen molar-refractivity contribution < 1.29 is 15.0 Å². The van der Waals surface area contributed by atoms with Gasteiger partial charge in [-0.15, -0.1) is 0 Å². The Balaban J connectivity index is 2.07. The molecule has 5 nitrogen and oxygen atoms in total. The second-order valence-corrected chi connectivity index (χ2v) is 4.49. The molecule has 0 aliphatic rings. The van der Waals surface area contributed by atoms with Crippen LogP contribution in [0.25, 0.3) is 5.52 Å². The molecule has 0 bridgehead atoms. The third-order valence-corrected chi connectivity index (χ3v) is 3.14. The SMILES string of the molecule is O=C(O)c1cccc2cnc(Cc3ccc(O)cc3)n12.